The van der Waals surface area contributed by atoms with E-state index < -0.39 is 41.9 Å². The predicted molar refractivity (Wildman–Crippen MR) is 162 cm³/mol. The number of likely N-dealkylation sites (tertiary alicyclic amines) is 1. The number of carbonyl (C=O) groups excluding carboxylic acids is 3. The summed E-state index contributed by atoms with van der Waals surface area (Å²) in [7, 11) is 0. The van der Waals surface area contributed by atoms with Crippen molar-refractivity contribution in [3.05, 3.63) is 71.8 Å². The molecule has 236 valence electrons. The lowest BCUT2D eigenvalue weighted by Gasteiger charge is -2.38. The zero-order chi connectivity index (χ0) is 31.6. The molecule has 9 heteroatoms. The summed E-state index contributed by atoms with van der Waals surface area (Å²) in [5.74, 6) is -3.67. The topological polar surface area (TPSA) is 69.7 Å². The lowest BCUT2D eigenvalue weighted by molar-refractivity contribution is -0.175. The molecular formula is C34H46F3N3O3. The minimum Gasteiger partial charge on any atom is -0.344 e. The van der Waals surface area contributed by atoms with E-state index in [9.17, 15) is 27.6 Å². The molecule has 3 rings (SSSR count). The molecule has 0 radical (unpaired) electrons. The fourth-order valence-corrected chi connectivity index (χ4v) is 5.95. The molecule has 1 aliphatic rings. The van der Waals surface area contributed by atoms with Crippen molar-refractivity contribution in [3.63, 3.8) is 0 Å². The molecule has 43 heavy (non-hydrogen) atoms. The Morgan fingerprint density at radius 2 is 1.37 bits per heavy atom. The van der Waals surface area contributed by atoms with Crippen molar-refractivity contribution < 1.29 is 27.6 Å². The maximum Gasteiger partial charge on any atom is 0.452 e. The number of benzene rings is 2. The first-order valence-electron chi connectivity index (χ1n) is 15.4. The monoisotopic (exact) mass is 601 g/mol. The number of nitrogens with one attached hydrogen (secondary N) is 1. The number of rotatable bonds is 15. The summed E-state index contributed by atoms with van der Waals surface area (Å²) < 4.78 is 39.7. The number of amides is 2. The minimum atomic E-state index is -5.06. The first kappa shape index (κ1) is 34.3. The van der Waals surface area contributed by atoms with E-state index in [1.807, 2.05) is 50.2 Å². The van der Waals surface area contributed by atoms with Gasteiger partial charge in [-0.15, -0.1) is 0 Å². The lowest BCUT2D eigenvalue weighted by Crippen LogP contribution is -2.58. The molecule has 0 saturated carbocycles. The van der Waals surface area contributed by atoms with E-state index in [1.165, 1.54) is 29.9 Å². The van der Waals surface area contributed by atoms with Crippen LogP contribution in [0, 0.1) is 11.8 Å². The molecule has 0 aliphatic carbocycles. The number of aryl methyl sites for hydroxylation is 2. The van der Waals surface area contributed by atoms with Gasteiger partial charge >= 0.3 is 6.18 Å². The summed E-state index contributed by atoms with van der Waals surface area (Å²) in [6.45, 7) is 8.64. The Labute approximate surface area is 254 Å². The Bertz CT molecular complexity index is 1130. The van der Waals surface area contributed by atoms with Crippen LogP contribution in [0.25, 0.3) is 0 Å². The van der Waals surface area contributed by atoms with Crippen molar-refractivity contribution in [2.45, 2.75) is 90.5 Å². The Kier molecular flexibility index (Phi) is 12.8. The Morgan fingerprint density at radius 3 is 1.81 bits per heavy atom. The number of Topliss-reactive ketones (excluding diaryl/α,β-unsaturated/α-hetero) is 1. The summed E-state index contributed by atoms with van der Waals surface area (Å²) in [5, 5.41) is 2.34. The number of ketones is 1. The molecule has 3 atom stereocenters. The summed E-state index contributed by atoms with van der Waals surface area (Å²) in [6, 6.07) is 17.3. The summed E-state index contributed by atoms with van der Waals surface area (Å²) in [4.78, 5) is 43.2. The van der Waals surface area contributed by atoms with Gasteiger partial charge in [-0.3, -0.25) is 19.3 Å². The van der Waals surface area contributed by atoms with Gasteiger partial charge in [0.15, 0.2) is 0 Å². The quantitative estimate of drug-likeness (QED) is 0.279. The average molecular weight is 602 g/mol. The fourth-order valence-electron chi connectivity index (χ4n) is 5.95. The smallest absolute Gasteiger partial charge is 0.344 e. The van der Waals surface area contributed by atoms with Gasteiger partial charge in [0.05, 0.1) is 12.1 Å². The standard InChI is InChI=1S/C34H46F3N3O3/c1-24(2)29(31(41)34(35,36)37)38-32(42)28-20-13-23-40(28)33(43)30(25(3)4)39(21-11-18-26-14-7-5-8-15-26)22-12-19-27-16-9-6-10-17-27/h5-10,14-17,24-25,28-30H,11-13,18-23H2,1-4H3,(H,38,42)/t28?,29?,30-/m0/s1. The molecule has 0 spiro atoms. The average Bonchev–Trinajstić information content (AvgIpc) is 3.46. The molecule has 0 bridgehead atoms. The van der Waals surface area contributed by atoms with Crippen LogP contribution in [0.1, 0.15) is 64.5 Å². The van der Waals surface area contributed by atoms with E-state index in [0.29, 0.717) is 32.5 Å². The van der Waals surface area contributed by atoms with Crippen molar-refractivity contribution in [2.75, 3.05) is 19.6 Å². The van der Waals surface area contributed by atoms with E-state index in [-0.39, 0.29) is 11.8 Å². The summed E-state index contributed by atoms with van der Waals surface area (Å²) in [6.07, 6.45) is -0.709. The van der Waals surface area contributed by atoms with E-state index in [1.54, 1.807) is 0 Å². The first-order chi connectivity index (χ1) is 20.4. The highest BCUT2D eigenvalue weighted by molar-refractivity contribution is 5.96. The number of carbonyl (C=O) groups is 3. The van der Waals surface area contributed by atoms with Crippen LogP contribution in [0.3, 0.4) is 0 Å². The van der Waals surface area contributed by atoms with Gasteiger partial charge in [0.25, 0.3) is 5.78 Å². The van der Waals surface area contributed by atoms with Gasteiger partial charge < -0.3 is 10.2 Å². The van der Waals surface area contributed by atoms with E-state index in [4.69, 9.17) is 0 Å². The number of nitrogens with zero attached hydrogens (tertiary/aromatic N) is 2. The van der Waals surface area contributed by atoms with Crippen LogP contribution < -0.4 is 5.32 Å². The van der Waals surface area contributed by atoms with Gasteiger partial charge in [0.2, 0.25) is 11.8 Å². The molecule has 1 N–H and O–H groups in total. The fraction of sp³-hybridized carbons (Fsp3) is 0.559. The largest absolute Gasteiger partial charge is 0.452 e. The number of hydrogen-bond donors (Lipinski definition) is 1. The maximum atomic E-state index is 14.2. The molecule has 1 saturated heterocycles. The Morgan fingerprint density at radius 1 is 0.860 bits per heavy atom. The second-order valence-corrected chi connectivity index (χ2v) is 12.2. The molecule has 1 fully saturated rings. The molecular weight excluding hydrogens is 555 g/mol. The van der Waals surface area contributed by atoms with Gasteiger partial charge in [-0.2, -0.15) is 13.2 Å². The van der Waals surface area contributed by atoms with Crippen molar-refractivity contribution in [2.24, 2.45) is 11.8 Å². The summed E-state index contributed by atoms with van der Waals surface area (Å²) >= 11 is 0. The van der Waals surface area contributed by atoms with Crippen LogP contribution in [0.4, 0.5) is 13.2 Å². The molecule has 1 aliphatic heterocycles. The highest BCUT2D eigenvalue weighted by Crippen LogP contribution is 2.26. The zero-order valence-electron chi connectivity index (χ0n) is 25.8. The third-order valence-corrected chi connectivity index (χ3v) is 8.15. The normalized spacial score (nSPS) is 17.0. The zero-order valence-corrected chi connectivity index (χ0v) is 25.8. The van der Waals surface area contributed by atoms with Gasteiger partial charge in [-0.05, 0) is 74.6 Å². The lowest BCUT2D eigenvalue weighted by atomic mass is 9.97. The van der Waals surface area contributed by atoms with Crippen LogP contribution in [-0.4, -0.2) is 71.3 Å². The molecule has 2 aromatic rings. The van der Waals surface area contributed by atoms with Crippen molar-refractivity contribution in [1.82, 2.24) is 15.1 Å². The predicted octanol–water partition coefficient (Wildman–Crippen LogP) is 5.84. The molecule has 1 heterocycles. The van der Waals surface area contributed by atoms with E-state index in [2.05, 4.69) is 34.5 Å². The van der Waals surface area contributed by atoms with Crippen LogP contribution in [0.2, 0.25) is 0 Å². The van der Waals surface area contributed by atoms with Gasteiger partial charge in [0, 0.05) is 6.54 Å². The molecule has 2 unspecified atom stereocenters. The number of alkyl halides is 3. The molecule has 6 nitrogen and oxygen atoms in total. The van der Waals surface area contributed by atoms with E-state index >= 15 is 0 Å². The maximum absolute atomic E-state index is 14.2. The van der Waals surface area contributed by atoms with Crippen LogP contribution in [0.15, 0.2) is 60.7 Å². The third kappa shape index (κ3) is 9.91. The van der Waals surface area contributed by atoms with Gasteiger partial charge in [-0.1, -0.05) is 88.4 Å². The number of hydrogen-bond acceptors (Lipinski definition) is 4. The van der Waals surface area contributed by atoms with Crippen LogP contribution in [0.5, 0.6) is 0 Å². The van der Waals surface area contributed by atoms with Crippen molar-refractivity contribution >= 4 is 17.6 Å². The third-order valence-electron chi connectivity index (χ3n) is 8.15. The Hall–Kier alpha value is -3.20. The van der Waals surface area contributed by atoms with Crippen LogP contribution >= 0.6 is 0 Å². The summed E-state index contributed by atoms with van der Waals surface area (Å²) in [5.41, 5.74) is 2.45. The van der Waals surface area contributed by atoms with E-state index in [0.717, 1.165) is 25.7 Å². The highest BCUT2D eigenvalue weighted by atomic mass is 19.4. The molecule has 2 aromatic carbocycles. The number of halogens is 3. The van der Waals surface area contributed by atoms with Crippen molar-refractivity contribution in [3.8, 4) is 0 Å². The molecule has 0 aromatic heterocycles. The van der Waals surface area contributed by atoms with Gasteiger partial charge in [0.1, 0.15) is 6.04 Å². The SMILES string of the molecule is CC(C)C(NC(=O)C1CCCN1C(=O)[C@H](C(C)C)N(CCCc1ccccc1)CCCc1ccccc1)C(=O)C(F)(F)F. The Balaban J connectivity index is 1.77. The first-order valence-corrected chi connectivity index (χ1v) is 15.4. The van der Waals surface area contributed by atoms with Crippen molar-refractivity contribution in [1.29, 1.82) is 0 Å². The second-order valence-electron chi connectivity index (χ2n) is 12.2. The van der Waals surface area contributed by atoms with Crippen LogP contribution in [-0.2, 0) is 27.2 Å². The van der Waals surface area contributed by atoms with Gasteiger partial charge in [-0.25, -0.2) is 0 Å². The molecule has 2 amide bonds. The minimum absolute atomic E-state index is 0.0551. The highest BCUT2D eigenvalue weighted by Gasteiger charge is 2.47. The second kappa shape index (κ2) is 16.0.